The summed E-state index contributed by atoms with van der Waals surface area (Å²) in [6.45, 7) is 7.16. The highest BCUT2D eigenvalue weighted by molar-refractivity contribution is 5.75. The van der Waals surface area contributed by atoms with Crippen LogP contribution in [0.25, 0.3) is 11.3 Å². The SMILES string of the molecule is CCNC(=O)N1CC[C@@]2(CCn3nc(-c4cnc(N)c(N(C)[C@H](C)c5ccccc5)c4)cc32)C1. The Bertz CT molecular complexity index is 1190. The Morgan fingerprint density at radius 2 is 2.00 bits per heavy atom. The number of urea groups is 1. The van der Waals surface area contributed by atoms with Gasteiger partial charge in [0.1, 0.15) is 5.82 Å². The molecule has 34 heavy (non-hydrogen) atoms. The van der Waals surface area contributed by atoms with Crippen molar-refractivity contribution in [2.24, 2.45) is 0 Å². The number of rotatable bonds is 5. The first kappa shape index (κ1) is 22.3. The molecule has 8 heteroatoms. The standard InChI is InChI=1S/C26H33N7O/c1-4-28-25(34)32-12-10-26(17-32)11-13-33-23(26)15-21(30-33)20-14-22(24(27)29-16-20)31(3)18(2)19-8-6-5-7-9-19/h5-9,14-16,18H,4,10-13,17H2,1-3H3,(H2,27,29)(H,28,34)/t18-,26-/m1/s1. The van der Waals surface area contributed by atoms with Crippen molar-refractivity contribution >= 4 is 17.5 Å². The minimum atomic E-state index is -0.0149. The highest BCUT2D eigenvalue weighted by Gasteiger charge is 2.46. The molecule has 1 saturated heterocycles. The number of anilines is 2. The summed E-state index contributed by atoms with van der Waals surface area (Å²) in [5, 5.41) is 7.85. The van der Waals surface area contributed by atoms with Gasteiger partial charge in [0.05, 0.1) is 17.4 Å². The van der Waals surface area contributed by atoms with E-state index in [0.29, 0.717) is 12.4 Å². The summed E-state index contributed by atoms with van der Waals surface area (Å²) in [6, 6.07) is 14.8. The van der Waals surface area contributed by atoms with E-state index in [1.807, 2.05) is 24.9 Å². The molecule has 1 aromatic carbocycles. The van der Waals surface area contributed by atoms with Crippen LogP contribution in [0.2, 0.25) is 0 Å². The number of nitrogens with one attached hydrogen (secondary N) is 1. The third kappa shape index (κ3) is 3.77. The lowest BCUT2D eigenvalue weighted by Gasteiger charge is -2.28. The summed E-state index contributed by atoms with van der Waals surface area (Å²) in [7, 11) is 2.05. The van der Waals surface area contributed by atoms with E-state index in [-0.39, 0.29) is 17.5 Å². The van der Waals surface area contributed by atoms with E-state index in [2.05, 4.69) is 63.2 Å². The molecule has 0 aliphatic carbocycles. The number of nitrogens with two attached hydrogens (primary N) is 1. The van der Waals surface area contributed by atoms with E-state index < -0.39 is 0 Å². The summed E-state index contributed by atoms with van der Waals surface area (Å²) in [5.74, 6) is 0.505. The molecule has 2 atom stereocenters. The van der Waals surface area contributed by atoms with E-state index >= 15 is 0 Å². The van der Waals surface area contributed by atoms with Crippen LogP contribution in [0, 0.1) is 0 Å². The number of nitrogens with zero attached hydrogens (tertiary/aromatic N) is 5. The highest BCUT2D eigenvalue weighted by Crippen LogP contribution is 2.44. The molecule has 4 heterocycles. The number of carbonyl (C=O) groups excluding carboxylic acids is 1. The molecule has 2 aliphatic heterocycles. The normalized spacial score (nSPS) is 19.9. The van der Waals surface area contributed by atoms with E-state index in [9.17, 15) is 4.79 Å². The average Bonchev–Trinajstić information content (AvgIpc) is 3.56. The van der Waals surface area contributed by atoms with Gasteiger partial charge in [-0.25, -0.2) is 9.78 Å². The van der Waals surface area contributed by atoms with Crippen molar-refractivity contribution in [1.82, 2.24) is 25.0 Å². The zero-order chi connectivity index (χ0) is 23.9. The largest absolute Gasteiger partial charge is 0.382 e. The zero-order valence-corrected chi connectivity index (χ0v) is 20.2. The zero-order valence-electron chi connectivity index (χ0n) is 20.2. The molecule has 0 saturated carbocycles. The van der Waals surface area contributed by atoms with Crippen LogP contribution in [0.1, 0.15) is 44.0 Å². The number of amides is 2. The quantitative estimate of drug-likeness (QED) is 0.605. The molecular formula is C26H33N7O. The van der Waals surface area contributed by atoms with Gasteiger partial charge in [-0.15, -0.1) is 0 Å². The van der Waals surface area contributed by atoms with Gasteiger partial charge in [-0.05, 0) is 44.4 Å². The van der Waals surface area contributed by atoms with Crippen LogP contribution in [0.3, 0.4) is 0 Å². The van der Waals surface area contributed by atoms with Crippen LogP contribution in [0.5, 0.6) is 0 Å². The second-order valence-electron chi connectivity index (χ2n) is 9.50. The topological polar surface area (TPSA) is 92.3 Å². The molecule has 0 radical (unpaired) electrons. The van der Waals surface area contributed by atoms with E-state index in [1.165, 1.54) is 11.3 Å². The monoisotopic (exact) mass is 459 g/mol. The van der Waals surface area contributed by atoms with Crippen molar-refractivity contribution < 1.29 is 4.79 Å². The number of aryl methyl sites for hydroxylation is 1. The molecule has 0 unspecified atom stereocenters. The number of fused-ring (bicyclic) bond motifs is 2. The first-order valence-corrected chi connectivity index (χ1v) is 12.1. The van der Waals surface area contributed by atoms with Crippen LogP contribution in [0.4, 0.5) is 16.3 Å². The second-order valence-corrected chi connectivity index (χ2v) is 9.50. The van der Waals surface area contributed by atoms with Gasteiger partial charge >= 0.3 is 6.03 Å². The van der Waals surface area contributed by atoms with Gasteiger partial charge in [-0.3, -0.25) is 4.68 Å². The first-order valence-electron chi connectivity index (χ1n) is 12.1. The maximum absolute atomic E-state index is 12.4. The maximum atomic E-state index is 12.4. The van der Waals surface area contributed by atoms with Gasteiger partial charge in [-0.2, -0.15) is 5.10 Å². The fourth-order valence-electron chi connectivity index (χ4n) is 5.38. The van der Waals surface area contributed by atoms with Crippen molar-refractivity contribution in [3.8, 4) is 11.3 Å². The Morgan fingerprint density at radius 1 is 1.24 bits per heavy atom. The number of hydrogen-bond donors (Lipinski definition) is 2. The number of hydrogen-bond acceptors (Lipinski definition) is 5. The predicted molar refractivity (Wildman–Crippen MR) is 135 cm³/mol. The molecule has 3 N–H and O–H groups in total. The molecule has 5 rings (SSSR count). The molecule has 178 valence electrons. The predicted octanol–water partition coefficient (Wildman–Crippen LogP) is 3.80. The van der Waals surface area contributed by atoms with Crippen LogP contribution < -0.4 is 16.0 Å². The number of aromatic nitrogens is 3. The van der Waals surface area contributed by atoms with Crippen molar-refractivity contribution in [3.63, 3.8) is 0 Å². The summed E-state index contributed by atoms with van der Waals surface area (Å²) < 4.78 is 2.11. The van der Waals surface area contributed by atoms with Gasteiger partial charge < -0.3 is 20.9 Å². The van der Waals surface area contributed by atoms with Gasteiger partial charge in [0.25, 0.3) is 0 Å². The Labute approximate surface area is 200 Å². The summed E-state index contributed by atoms with van der Waals surface area (Å²) >= 11 is 0. The number of likely N-dealkylation sites (tertiary alicyclic amines) is 1. The minimum Gasteiger partial charge on any atom is -0.382 e. The molecule has 1 fully saturated rings. The molecule has 3 aromatic rings. The number of carbonyl (C=O) groups is 1. The lowest BCUT2D eigenvalue weighted by molar-refractivity contribution is 0.206. The maximum Gasteiger partial charge on any atom is 0.317 e. The number of nitrogen functional groups attached to an aromatic ring is 1. The van der Waals surface area contributed by atoms with Gasteiger partial charge in [0.15, 0.2) is 0 Å². The summed E-state index contributed by atoms with van der Waals surface area (Å²) in [4.78, 5) is 21.0. The smallest absolute Gasteiger partial charge is 0.317 e. The van der Waals surface area contributed by atoms with Gasteiger partial charge in [-0.1, -0.05) is 30.3 Å². The summed E-state index contributed by atoms with van der Waals surface area (Å²) in [6.07, 6.45) is 3.80. The van der Waals surface area contributed by atoms with Crippen LogP contribution in [0.15, 0.2) is 48.7 Å². The van der Waals surface area contributed by atoms with Gasteiger partial charge in [0.2, 0.25) is 0 Å². The van der Waals surface area contributed by atoms with E-state index in [1.54, 1.807) is 6.20 Å². The lowest BCUT2D eigenvalue weighted by atomic mass is 9.82. The Morgan fingerprint density at radius 3 is 2.76 bits per heavy atom. The fraction of sp³-hybridized carbons (Fsp3) is 0.423. The third-order valence-corrected chi connectivity index (χ3v) is 7.53. The Hall–Kier alpha value is -3.55. The van der Waals surface area contributed by atoms with Crippen molar-refractivity contribution in [2.45, 2.75) is 44.7 Å². The third-order valence-electron chi connectivity index (χ3n) is 7.53. The van der Waals surface area contributed by atoms with Crippen molar-refractivity contribution in [2.75, 3.05) is 37.3 Å². The van der Waals surface area contributed by atoms with Crippen molar-refractivity contribution in [1.29, 1.82) is 0 Å². The average molecular weight is 460 g/mol. The number of pyridine rings is 1. The van der Waals surface area contributed by atoms with Crippen LogP contribution in [-0.4, -0.2) is 52.4 Å². The highest BCUT2D eigenvalue weighted by atomic mass is 16.2. The molecule has 2 aromatic heterocycles. The molecule has 2 aliphatic rings. The van der Waals surface area contributed by atoms with E-state index in [4.69, 9.17) is 10.8 Å². The minimum absolute atomic E-state index is 0.0149. The Kier molecular flexibility index (Phi) is 5.67. The van der Waals surface area contributed by atoms with Crippen LogP contribution >= 0.6 is 0 Å². The molecule has 1 spiro atoms. The summed E-state index contributed by atoms with van der Waals surface area (Å²) in [5.41, 5.74) is 11.5. The molecular weight excluding hydrogens is 426 g/mol. The van der Waals surface area contributed by atoms with Crippen LogP contribution in [-0.2, 0) is 12.0 Å². The molecule has 8 nitrogen and oxygen atoms in total. The fourth-order valence-corrected chi connectivity index (χ4v) is 5.38. The molecule has 2 amide bonds. The molecule has 0 bridgehead atoms. The second kappa shape index (κ2) is 8.66. The first-order chi connectivity index (χ1) is 16.4. The van der Waals surface area contributed by atoms with Gasteiger partial charge in [0, 0.05) is 56.1 Å². The lowest BCUT2D eigenvalue weighted by Crippen LogP contribution is -2.40. The number of benzene rings is 1. The van der Waals surface area contributed by atoms with Crippen molar-refractivity contribution in [3.05, 3.63) is 59.9 Å². The Balaban J connectivity index is 1.41. The van der Waals surface area contributed by atoms with E-state index in [0.717, 1.165) is 49.4 Å².